The summed E-state index contributed by atoms with van der Waals surface area (Å²) in [5.41, 5.74) is -0.500. The van der Waals surface area contributed by atoms with E-state index in [-0.39, 0.29) is 5.92 Å². The normalized spacial score (nSPS) is 17.6. The highest BCUT2D eigenvalue weighted by molar-refractivity contribution is 5.73. The van der Waals surface area contributed by atoms with Crippen molar-refractivity contribution in [3.63, 3.8) is 0 Å². The van der Waals surface area contributed by atoms with E-state index in [1.54, 1.807) is 0 Å². The van der Waals surface area contributed by atoms with Crippen LogP contribution in [-0.2, 0) is 15.7 Å². The number of carbonyl (C=O) groups excluding carboxylic acids is 1. The number of aromatic nitrogens is 2. The van der Waals surface area contributed by atoms with Crippen LogP contribution in [0.15, 0.2) is 6.07 Å². The van der Waals surface area contributed by atoms with Crippen LogP contribution in [0.5, 0.6) is 0 Å². The average Bonchev–Trinajstić information content (AvgIpc) is 3.04. The molecule has 0 radical (unpaired) electrons. The Labute approximate surface area is 102 Å². The number of nitrogens with zero attached hydrogens (tertiary/aromatic N) is 2. The minimum Gasteiger partial charge on any atom is -0.467 e. The van der Waals surface area contributed by atoms with Crippen LogP contribution >= 0.6 is 0 Å². The number of rotatable bonds is 3. The summed E-state index contributed by atoms with van der Waals surface area (Å²) in [5, 5.41) is 3.50. The van der Waals surface area contributed by atoms with Gasteiger partial charge in [0.15, 0.2) is 5.69 Å². The molecular weight excluding hydrogens is 249 g/mol. The monoisotopic (exact) mass is 262 g/mol. The van der Waals surface area contributed by atoms with Gasteiger partial charge in [-0.3, -0.25) is 4.68 Å². The van der Waals surface area contributed by atoms with E-state index >= 15 is 0 Å². The van der Waals surface area contributed by atoms with Crippen molar-refractivity contribution in [1.82, 2.24) is 9.78 Å². The second-order valence-electron chi connectivity index (χ2n) is 4.37. The Hall–Kier alpha value is -1.53. The lowest BCUT2D eigenvalue weighted by Gasteiger charge is -2.13. The quantitative estimate of drug-likeness (QED) is 0.786. The van der Waals surface area contributed by atoms with Gasteiger partial charge in [0, 0.05) is 11.6 Å². The molecule has 0 aliphatic heterocycles. The highest BCUT2D eigenvalue weighted by Gasteiger charge is 2.39. The molecule has 0 saturated heterocycles. The van der Waals surface area contributed by atoms with E-state index in [9.17, 15) is 18.0 Å². The molecule has 0 amide bonds. The van der Waals surface area contributed by atoms with Gasteiger partial charge in [-0.05, 0) is 25.8 Å². The summed E-state index contributed by atoms with van der Waals surface area (Å²) in [6.07, 6.45) is -2.83. The number of methoxy groups -OCH3 is 1. The van der Waals surface area contributed by atoms with Gasteiger partial charge in [0.25, 0.3) is 0 Å². The number of carbonyl (C=O) groups is 1. The molecular formula is C11H13F3N2O2. The lowest BCUT2D eigenvalue weighted by Crippen LogP contribution is -2.21. The average molecular weight is 262 g/mol. The molecule has 1 aliphatic rings. The molecule has 100 valence electrons. The zero-order chi connectivity index (χ0) is 13.5. The maximum atomic E-state index is 12.6. The number of hydrogen-bond acceptors (Lipinski definition) is 3. The van der Waals surface area contributed by atoms with E-state index in [2.05, 4.69) is 9.84 Å². The zero-order valence-corrected chi connectivity index (χ0v) is 9.99. The summed E-state index contributed by atoms with van der Waals surface area (Å²) in [4.78, 5) is 11.4. The van der Waals surface area contributed by atoms with E-state index in [1.807, 2.05) is 0 Å². The fourth-order valence-corrected chi connectivity index (χ4v) is 1.81. The van der Waals surface area contributed by atoms with Crippen molar-refractivity contribution in [3.8, 4) is 0 Å². The van der Waals surface area contributed by atoms with Crippen LogP contribution in [0.2, 0.25) is 0 Å². The van der Waals surface area contributed by atoms with Crippen LogP contribution < -0.4 is 0 Å². The molecule has 2 rings (SSSR count). The van der Waals surface area contributed by atoms with Crippen molar-refractivity contribution in [2.75, 3.05) is 7.11 Å². The van der Waals surface area contributed by atoms with Crippen LogP contribution in [0.1, 0.15) is 43.1 Å². The van der Waals surface area contributed by atoms with Gasteiger partial charge in [0.1, 0.15) is 6.04 Å². The van der Waals surface area contributed by atoms with E-state index in [0.717, 1.165) is 23.6 Å². The first kappa shape index (κ1) is 12.9. The molecule has 1 atom stereocenters. The van der Waals surface area contributed by atoms with Crippen molar-refractivity contribution in [3.05, 3.63) is 17.5 Å². The lowest BCUT2D eigenvalue weighted by molar-refractivity contribution is -0.146. The first-order valence-electron chi connectivity index (χ1n) is 5.59. The predicted octanol–water partition coefficient (Wildman–Crippen LogP) is 2.51. The van der Waals surface area contributed by atoms with Crippen molar-refractivity contribution < 1.29 is 22.7 Å². The molecule has 1 aromatic rings. The second kappa shape index (κ2) is 4.29. The van der Waals surface area contributed by atoms with Crippen molar-refractivity contribution in [1.29, 1.82) is 0 Å². The fourth-order valence-electron chi connectivity index (χ4n) is 1.81. The molecule has 4 nitrogen and oxygen atoms in total. The molecule has 1 aromatic heterocycles. The van der Waals surface area contributed by atoms with Crippen molar-refractivity contribution in [2.24, 2.45) is 0 Å². The molecule has 0 spiro atoms. The Morgan fingerprint density at radius 1 is 1.56 bits per heavy atom. The van der Waals surface area contributed by atoms with E-state index < -0.39 is 23.9 Å². The maximum Gasteiger partial charge on any atom is 0.435 e. The SMILES string of the molecule is COC(=O)[C@H](C)n1nc(C(F)(F)F)cc1C1CC1. The highest BCUT2D eigenvalue weighted by atomic mass is 19.4. The summed E-state index contributed by atoms with van der Waals surface area (Å²) in [7, 11) is 1.20. The minimum absolute atomic E-state index is 0.0701. The molecule has 7 heteroatoms. The summed E-state index contributed by atoms with van der Waals surface area (Å²) in [6.45, 7) is 1.48. The van der Waals surface area contributed by atoms with Gasteiger partial charge < -0.3 is 4.74 Å². The molecule has 1 saturated carbocycles. The summed E-state index contributed by atoms with van der Waals surface area (Å²) >= 11 is 0. The molecule has 0 aromatic carbocycles. The van der Waals surface area contributed by atoms with Gasteiger partial charge in [-0.15, -0.1) is 0 Å². The van der Waals surface area contributed by atoms with Crippen molar-refractivity contribution in [2.45, 2.75) is 37.9 Å². The Morgan fingerprint density at radius 2 is 2.17 bits per heavy atom. The minimum atomic E-state index is -4.50. The van der Waals surface area contributed by atoms with Gasteiger partial charge >= 0.3 is 12.1 Å². The Bertz CT molecular complexity index is 463. The van der Waals surface area contributed by atoms with E-state index in [4.69, 9.17) is 0 Å². The predicted molar refractivity (Wildman–Crippen MR) is 55.9 cm³/mol. The Balaban J connectivity index is 2.38. The molecule has 0 N–H and O–H groups in total. The van der Waals surface area contributed by atoms with Crippen LogP contribution in [0.25, 0.3) is 0 Å². The maximum absolute atomic E-state index is 12.6. The van der Waals surface area contributed by atoms with Gasteiger partial charge in [0.05, 0.1) is 7.11 Å². The summed E-state index contributed by atoms with van der Waals surface area (Å²) < 4.78 is 43.5. The third-order valence-electron chi connectivity index (χ3n) is 2.96. The summed E-state index contributed by atoms with van der Waals surface area (Å²) in [5.74, 6) is -0.533. The molecule has 18 heavy (non-hydrogen) atoms. The molecule has 1 aliphatic carbocycles. The smallest absolute Gasteiger partial charge is 0.435 e. The highest BCUT2D eigenvalue weighted by Crippen LogP contribution is 2.42. The van der Waals surface area contributed by atoms with Crippen LogP contribution in [0.4, 0.5) is 13.2 Å². The summed E-state index contributed by atoms with van der Waals surface area (Å²) in [6, 6.07) is 0.179. The number of halogens is 3. The van der Waals surface area contributed by atoms with E-state index in [1.165, 1.54) is 14.0 Å². The number of alkyl halides is 3. The van der Waals surface area contributed by atoms with E-state index in [0.29, 0.717) is 5.69 Å². The molecule has 0 unspecified atom stereocenters. The standard InChI is InChI=1S/C11H13F3N2O2/c1-6(10(17)18-2)16-8(7-3-4-7)5-9(15-16)11(12,13)14/h5-7H,3-4H2,1-2H3/t6-/m0/s1. The number of hydrogen-bond donors (Lipinski definition) is 0. The first-order chi connectivity index (χ1) is 8.34. The third kappa shape index (κ3) is 2.34. The second-order valence-corrected chi connectivity index (χ2v) is 4.37. The molecule has 0 bridgehead atoms. The lowest BCUT2D eigenvalue weighted by atomic mass is 10.2. The van der Waals surface area contributed by atoms with Crippen LogP contribution in [-0.4, -0.2) is 22.9 Å². The fraction of sp³-hybridized carbons (Fsp3) is 0.636. The van der Waals surface area contributed by atoms with Crippen LogP contribution in [0.3, 0.4) is 0 Å². The molecule has 1 fully saturated rings. The van der Waals surface area contributed by atoms with Gasteiger partial charge in [-0.2, -0.15) is 18.3 Å². The van der Waals surface area contributed by atoms with Gasteiger partial charge in [0.2, 0.25) is 0 Å². The number of esters is 1. The third-order valence-corrected chi connectivity index (χ3v) is 2.96. The van der Waals surface area contributed by atoms with Crippen molar-refractivity contribution >= 4 is 5.97 Å². The molecule has 1 heterocycles. The van der Waals surface area contributed by atoms with Gasteiger partial charge in [-0.1, -0.05) is 0 Å². The largest absolute Gasteiger partial charge is 0.467 e. The Morgan fingerprint density at radius 3 is 2.61 bits per heavy atom. The topological polar surface area (TPSA) is 44.1 Å². The number of ether oxygens (including phenoxy) is 1. The Kier molecular flexibility index (Phi) is 3.08. The zero-order valence-electron chi connectivity index (χ0n) is 9.99. The van der Waals surface area contributed by atoms with Crippen LogP contribution in [0, 0.1) is 0 Å². The first-order valence-corrected chi connectivity index (χ1v) is 5.59. The van der Waals surface area contributed by atoms with Gasteiger partial charge in [-0.25, -0.2) is 4.79 Å².